The second-order valence-electron chi connectivity index (χ2n) is 2.94. The van der Waals surface area contributed by atoms with Crippen LogP contribution in [0, 0.1) is 11.3 Å². The van der Waals surface area contributed by atoms with Gasteiger partial charge in [-0.05, 0) is 18.9 Å². The van der Waals surface area contributed by atoms with E-state index in [0.717, 1.165) is 25.1 Å². The summed E-state index contributed by atoms with van der Waals surface area (Å²) in [6, 6.07) is 3.67. The van der Waals surface area contributed by atoms with Crippen molar-refractivity contribution >= 4 is 0 Å². The smallest absolute Gasteiger partial charge is 0.144 e. The van der Waals surface area contributed by atoms with Gasteiger partial charge in [-0.3, -0.25) is 0 Å². The van der Waals surface area contributed by atoms with Crippen LogP contribution in [0.3, 0.4) is 0 Å². The molecule has 4 heteroatoms. The first-order valence-electron chi connectivity index (χ1n) is 4.24. The van der Waals surface area contributed by atoms with Gasteiger partial charge < -0.3 is 4.74 Å². The lowest BCUT2D eigenvalue weighted by atomic mass is 10.1. The minimum atomic E-state index is 0.0649. The van der Waals surface area contributed by atoms with Crippen molar-refractivity contribution in [2.45, 2.75) is 18.9 Å². The van der Waals surface area contributed by atoms with E-state index in [1.807, 2.05) is 6.07 Å². The van der Waals surface area contributed by atoms with Gasteiger partial charge in [-0.1, -0.05) is 0 Å². The van der Waals surface area contributed by atoms with E-state index in [2.05, 4.69) is 9.97 Å². The monoisotopic (exact) mass is 175 g/mol. The highest BCUT2D eigenvalue weighted by atomic mass is 16.5. The fourth-order valence-electron chi connectivity index (χ4n) is 1.42. The normalized spacial score (nSPS) is 21.3. The summed E-state index contributed by atoms with van der Waals surface area (Å²) >= 11 is 0. The van der Waals surface area contributed by atoms with Gasteiger partial charge in [0.25, 0.3) is 0 Å². The van der Waals surface area contributed by atoms with Crippen LogP contribution in [0.15, 0.2) is 12.4 Å². The molecule has 0 N–H and O–H groups in total. The molecule has 1 aliphatic rings. The second kappa shape index (κ2) is 3.50. The highest BCUT2D eigenvalue weighted by molar-refractivity contribution is 5.22. The summed E-state index contributed by atoms with van der Waals surface area (Å²) in [5.74, 6) is 0. The molecule has 1 saturated heterocycles. The minimum Gasteiger partial charge on any atom is -0.372 e. The molecule has 2 rings (SSSR count). The molecule has 2 heterocycles. The average Bonchev–Trinajstić information content (AvgIpc) is 2.71. The van der Waals surface area contributed by atoms with Gasteiger partial charge in [-0.2, -0.15) is 5.26 Å². The Morgan fingerprint density at radius 1 is 1.54 bits per heavy atom. The number of rotatable bonds is 1. The predicted octanol–water partition coefficient (Wildman–Crippen LogP) is 1.20. The van der Waals surface area contributed by atoms with Gasteiger partial charge in [-0.15, -0.1) is 0 Å². The number of nitriles is 1. The first kappa shape index (κ1) is 8.14. The Labute approximate surface area is 76.2 Å². The van der Waals surface area contributed by atoms with Gasteiger partial charge >= 0.3 is 0 Å². The van der Waals surface area contributed by atoms with Crippen molar-refractivity contribution in [3.63, 3.8) is 0 Å². The van der Waals surface area contributed by atoms with Crippen LogP contribution in [0.5, 0.6) is 0 Å². The van der Waals surface area contributed by atoms with Gasteiger partial charge in [-0.25, -0.2) is 9.97 Å². The lowest BCUT2D eigenvalue weighted by Crippen LogP contribution is -2.00. The largest absolute Gasteiger partial charge is 0.372 e. The lowest BCUT2D eigenvalue weighted by molar-refractivity contribution is 0.108. The molecule has 0 aromatic carbocycles. The van der Waals surface area contributed by atoms with Crippen molar-refractivity contribution in [1.82, 2.24) is 9.97 Å². The van der Waals surface area contributed by atoms with E-state index in [-0.39, 0.29) is 6.10 Å². The average molecular weight is 175 g/mol. The van der Waals surface area contributed by atoms with E-state index < -0.39 is 0 Å². The summed E-state index contributed by atoms with van der Waals surface area (Å²) in [6.45, 7) is 0.788. The molecule has 66 valence electrons. The molecule has 0 amide bonds. The molecule has 13 heavy (non-hydrogen) atoms. The first-order chi connectivity index (χ1) is 6.40. The van der Waals surface area contributed by atoms with Crippen LogP contribution >= 0.6 is 0 Å². The Morgan fingerprint density at radius 3 is 3.15 bits per heavy atom. The topological polar surface area (TPSA) is 58.8 Å². The van der Waals surface area contributed by atoms with Crippen LogP contribution in [0.2, 0.25) is 0 Å². The summed E-state index contributed by atoms with van der Waals surface area (Å²) in [5, 5.41) is 8.62. The van der Waals surface area contributed by atoms with Crippen molar-refractivity contribution < 1.29 is 4.74 Å². The van der Waals surface area contributed by atoms with Crippen molar-refractivity contribution in [2.24, 2.45) is 0 Å². The molecule has 1 aliphatic heterocycles. The molecule has 0 radical (unpaired) electrons. The Bertz CT molecular complexity index is 339. The number of hydrogen-bond donors (Lipinski definition) is 0. The van der Waals surface area contributed by atoms with E-state index in [9.17, 15) is 0 Å². The van der Waals surface area contributed by atoms with E-state index in [1.54, 1.807) is 6.07 Å². The molecule has 1 aromatic heterocycles. The highest BCUT2D eigenvalue weighted by Crippen LogP contribution is 2.26. The van der Waals surface area contributed by atoms with E-state index >= 15 is 0 Å². The molecule has 0 aliphatic carbocycles. The molecule has 0 saturated carbocycles. The van der Waals surface area contributed by atoms with Crippen LogP contribution in [0.4, 0.5) is 0 Å². The standard InChI is InChI=1S/C9H9N3O/c10-5-7-4-8(12-6-11-7)9-2-1-3-13-9/h4,6,9H,1-3H2/t9-/m0/s1. The van der Waals surface area contributed by atoms with Gasteiger partial charge in [0.2, 0.25) is 0 Å². The number of aromatic nitrogens is 2. The number of nitrogens with zero attached hydrogens (tertiary/aromatic N) is 3. The van der Waals surface area contributed by atoms with Crippen LogP contribution in [0.1, 0.15) is 30.3 Å². The van der Waals surface area contributed by atoms with E-state index in [0.29, 0.717) is 5.69 Å². The van der Waals surface area contributed by atoms with Crippen molar-refractivity contribution in [3.05, 3.63) is 23.8 Å². The third-order valence-electron chi connectivity index (χ3n) is 2.06. The molecule has 0 bridgehead atoms. The van der Waals surface area contributed by atoms with Gasteiger partial charge in [0, 0.05) is 6.61 Å². The molecular formula is C9H9N3O. The summed E-state index contributed by atoms with van der Waals surface area (Å²) in [7, 11) is 0. The molecular weight excluding hydrogens is 166 g/mol. The van der Waals surface area contributed by atoms with Gasteiger partial charge in [0.15, 0.2) is 0 Å². The quantitative estimate of drug-likeness (QED) is 0.643. The summed E-state index contributed by atoms with van der Waals surface area (Å²) < 4.78 is 5.44. The zero-order valence-electron chi connectivity index (χ0n) is 7.10. The molecule has 4 nitrogen and oxygen atoms in total. The molecule has 0 unspecified atom stereocenters. The maximum absolute atomic E-state index is 8.62. The van der Waals surface area contributed by atoms with Crippen molar-refractivity contribution in [1.29, 1.82) is 5.26 Å². The Kier molecular flexibility index (Phi) is 2.19. The summed E-state index contributed by atoms with van der Waals surface area (Å²) in [4.78, 5) is 7.88. The first-order valence-corrected chi connectivity index (χ1v) is 4.24. The Balaban J connectivity index is 2.25. The maximum atomic E-state index is 8.62. The van der Waals surface area contributed by atoms with Crippen molar-refractivity contribution in [3.8, 4) is 6.07 Å². The second-order valence-corrected chi connectivity index (χ2v) is 2.94. The molecule has 0 spiro atoms. The Morgan fingerprint density at radius 2 is 2.46 bits per heavy atom. The number of ether oxygens (including phenoxy) is 1. The predicted molar refractivity (Wildman–Crippen MR) is 44.7 cm³/mol. The maximum Gasteiger partial charge on any atom is 0.144 e. The lowest BCUT2D eigenvalue weighted by Gasteiger charge is -2.07. The molecule has 1 fully saturated rings. The third-order valence-corrected chi connectivity index (χ3v) is 2.06. The third kappa shape index (κ3) is 1.65. The molecule has 1 atom stereocenters. The highest BCUT2D eigenvalue weighted by Gasteiger charge is 2.19. The van der Waals surface area contributed by atoms with Gasteiger partial charge in [0.1, 0.15) is 18.1 Å². The van der Waals surface area contributed by atoms with Crippen LogP contribution in [-0.4, -0.2) is 16.6 Å². The van der Waals surface area contributed by atoms with Crippen LogP contribution < -0.4 is 0 Å². The fraction of sp³-hybridized carbons (Fsp3) is 0.444. The van der Waals surface area contributed by atoms with E-state index in [4.69, 9.17) is 10.00 Å². The molecule has 1 aromatic rings. The fourth-order valence-corrected chi connectivity index (χ4v) is 1.42. The number of hydrogen-bond acceptors (Lipinski definition) is 4. The summed E-state index contributed by atoms with van der Waals surface area (Å²) in [6.07, 6.45) is 3.53. The van der Waals surface area contributed by atoms with E-state index in [1.165, 1.54) is 6.33 Å². The SMILES string of the molecule is N#Cc1cc([C@@H]2CCCO2)ncn1. The minimum absolute atomic E-state index is 0.0649. The van der Waals surface area contributed by atoms with Crippen LogP contribution in [0.25, 0.3) is 0 Å². The van der Waals surface area contributed by atoms with Gasteiger partial charge in [0.05, 0.1) is 11.8 Å². The van der Waals surface area contributed by atoms with Crippen molar-refractivity contribution in [2.75, 3.05) is 6.61 Å². The summed E-state index contributed by atoms with van der Waals surface area (Å²) in [5.41, 5.74) is 1.23. The zero-order valence-corrected chi connectivity index (χ0v) is 7.10. The Hall–Kier alpha value is -1.47. The zero-order chi connectivity index (χ0) is 9.10. The van der Waals surface area contributed by atoms with Crippen LogP contribution in [-0.2, 0) is 4.74 Å².